The van der Waals surface area contributed by atoms with Gasteiger partial charge in [-0.05, 0) is 17.8 Å². The van der Waals surface area contributed by atoms with Crippen LogP contribution in [0.3, 0.4) is 0 Å². The summed E-state index contributed by atoms with van der Waals surface area (Å²) in [7, 11) is 0. The van der Waals surface area contributed by atoms with E-state index in [2.05, 4.69) is 43.6 Å². The Balaban J connectivity index is 3.61. The molecule has 0 spiro atoms. The number of alkyl halides is 1. The minimum atomic E-state index is 0.343. The zero-order valence-electron chi connectivity index (χ0n) is 9.40. The average molecular weight is 251 g/mol. The van der Waals surface area contributed by atoms with E-state index in [9.17, 15) is 0 Å². The van der Waals surface area contributed by atoms with Crippen LogP contribution in [0.15, 0.2) is 0 Å². The van der Waals surface area contributed by atoms with Crippen LogP contribution in [0.1, 0.15) is 40.5 Å². The number of unbranched alkanes of at least 4 members (excludes halogenated alkanes) is 1. The van der Waals surface area contributed by atoms with Gasteiger partial charge in [-0.15, -0.1) is 0 Å². The molecule has 0 aromatic carbocycles. The van der Waals surface area contributed by atoms with Crippen molar-refractivity contribution in [1.82, 2.24) is 0 Å². The highest BCUT2D eigenvalue weighted by atomic mass is 79.9. The second-order valence-corrected chi connectivity index (χ2v) is 5.29. The van der Waals surface area contributed by atoms with Gasteiger partial charge in [0, 0.05) is 11.9 Å². The average Bonchev–Trinajstić information content (AvgIpc) is 2.02. The molecule has 0 bridgehead atoms. The highest BCUT2D eigenvalue weighted by Crippen LogP contribution is 2.27. The summed E-state index contributed by atoms with van der Waals surface area (Å²) in [6.45, 7) is 10.8. The zero-order chi connectivity index (χ0) is 10.3. The van der Waals surface area contributed by atoms with Gasteiger partial charge < -0.3 is 4.74 Å². The first-order valence-electron chi connectivity index (χ1n) is 5.16. The van der Waals surface area contributed by atoms with Crippen molar-refractivity contribution in [3.63, 3.8) is 0 Å². The third kappa shape index (κ3) is 6.50. The second-order valence-electron chi connectivity index (χ2n) is 4.65. The maximum absolute atomic E-state index is 5.62. The topological polar surface area (TPSA) is 9.23 Å². The van der Waals surface area contributed by atoms with Crippen LogP contribution in [0.5, 0.6) is 0 Å². The van der Waals surface area contributed by atoms with Crippen molar-refractivity contribution in [2.75, 3.05) is 18.5 Å². The molecule has 0 radical (unpaired) electrons. The molecule has 0 N–H and O–H groups in total. The summed E-state index contributed by atoms with van der Waals surface area (Å²) in [5.74, 6) is 0.615. The molecule has 0 saturated carbocycles. The lowest BCUT2D eigenvalue weighted by atomic mass is 9.83. The molecule has 1 nitrogen and oxygen atoms in total. The van der Waals surface area contributed by atoms with E-state index in [1.165, 1.54) is 12.8 Å². The fourth-order valence-electron chi connectivity index (χ4n) is 0.998. The Hall–Kier alpha value is 0.440. The van der Waals surface area contributed by atoms with Crippen molar-refractivity contribution in [3.8, 4) is 0 Å². The van der Waals surface area contributed by atoms with Crippen LogP contribution in [0.25, 0.3) is 0 Å². The van der Waals surface area contributed by atoms with E-state index < -0.39 is 0 Å². The summed E-state index contributed by atoms with van der Waals surface area (Å²) in [6.07, 6.45) is 2.40. The molecule has 2 heteroatoms. The van der Waals surface area contributed by atoms with Crippen LogP contribution in [0.2, 0.25) is 0 Å². The van der Waals surface area contributed by atoms with Crippen molar-refractivity contribution in [2.24, 2.45) is 11.3 Å². The van der Waals surface area contributed by atoms with E-state index in [-0.39, 0.29) is 0 Å². The minimum Gasteiger partial charge on any atom is -0.381 e. The predicted molar refractivity (Wildman–Crippen MR) is 62.5 cm³/mol. The van der Waals surface area contributed by atoms with Crippen LogP contribution in [-0.4, -0.2) is 18.5 Å². The van der Waals surface area contributed by atoms with Gasteiger partial charge in [-0.1, -0.05) is 50.0 Å². The first-order chi connectivity index (χ1) is 6.02. The zero-order valence-corrected chi connectivity index (χ0v) is 11.0. The van der Waals surface area contributed by atoms with Crippen LogP contribution in [0.4, 0.5) is 0 Å². The van der Waals surface area contributed by atoms with Gasteiger partial charge in [0.15, 0.2) is 0 Å². The van der Waals surface area contributed by atoms with Crippen LogP contribution >= 0.6 is 15.9 Å². The molecular formula is C11H23BrO. The van der Waals surface area contributed by atoms with E-state index in [4.69, 9.17) is 4.74 Å². The van der Waals surface area contributed by atoms with Crippen molar-refractivity contribution in [3.05, 3.63) is 0 Å². The van der Waals surface area contributed by atoms with Crippen molar-refractivity contribution >= 4 is 15.9 Å². The molecule has 0 rings (SSSR count). The van der Waals surface area contributed by atoms with E-state index in [1.807, 2.05) is 0 Å². The summed E-state index contributed by atoms with van der Waals surface area (Å²) in [6, 6.07) is 0. The van der Waals surface area contributed by atoms with E-state index in [0.29, 0.717) is 11.3 Å². The van der Waals surface area contributed by atoms with Gasteiger partial charge in [0.1, 0.15) is 0 Å². The molecule has 0 aliphatic carbocycles. The Morgan fingerprint density at radius 3 is 2.31 bits per heavy atom. The predicted octanol–water partition coefficient (Wildman–Crippen LogP) is 3.86. The fraction of sp³-hybridized carbons (Fsp3) is 1.00. The molecule has 0 saturated heterocycles. The minimum absolute atomic E-state index is 0.343. The van der Waals surface area contributed by atoms with Gasteiger partial charge in [0.2, 0.25) is 0 Å². The van der Waals surface area contributed by atoms with Crippen molar-refractivity contribution < 1.29 is 4.74 Å². The van der Waals surface area contributed by atoms with E-state index in [1.54, 1.807) is 0 Å². The van der Waals surface area contributed by atoms with Gasteiger partial charge in [0.05, 0.1) is 6.61 Å². The first kappa shape index (κ1) is 13.4. The molecule has 13 heavy (non-hydrogen) atoms. The first-order valence-corrected chi connectivity index (χ1v) is 6.28. The van der Waals surface area contributed by atoms with Crippen LogP contribution < -0.4 is 0 Å². The van der Waals surface area contributed by atoms with E-state index in [0.717, 1.165) is 18.5 Å². The van der Waals surface area contributed by atoms with Crippen molar-refractivity contribution in [2.45, 2.75) is 40.5 Å². The highest BCUT2D eigenvalue weighted by Gasteiger charge is 2.23. The lowest BCUT2D eigenvalue weighted by molar-refractivity contribution is 0.0651. The van der Waals surface area contributed by atoms with Crippen LogP contribution in [-0.2, 0) is 4.74 Å². The molecule has 1 atom stereocenters. The SMILES string of the molecule is CCCCOCC(CBr)C(C)(C)C. The Bertz CT molecular complexity index is 118. The highest BCUT2D eigenvalue weighted by molar-refractivity contribution is 9.09. The fourth-order valence-corrected chi connectivity index (χ4v) is 2.16. The number of hydrogen-bond donors (Lipinski definition) is 0. The Labute approximate surface area is 91.4 Å². The molecule has 0 aromatic rings. The third-order valence-corrected chi connectivity index (χ3v) is 3.15. The molecule has 0 amide bonds. The maximum Gasteiger partial charge on any atom is 0.0507 e. The lowest BCUT2D eigenvalue weighted by Gasteiger charge is -2.28. The Morgan fingerprint density at radius 2 is 1.92 bits per heavy atom. The Morgan fingerprint density at radius 1 is 1.31 bits per heavy atom. The number of ether oxygens (including phenoxy) is 1. The normalized spacial score (nSPS) is 14.5. The maximum atomic E-state index is 5.62. The van der Waals surface area contributed by atoms with Gasteiger partial charge in [0.25, 0.3) is 0 Å². The Kier molecular flexibility index (Phi) is 7.06. The number of halogens is 1. The van der Waals surface area contributed by atoms with Gasteiger partial charge >= 0.3 is 0 Å². The van der Waals surface area contributed by atoms with Crippen LogP contribution in [0, 0.1) is 11.3 Å². The second kappa shape index (κ2) is 6.83. The quantitative estimate of drug-likeness (QED) is 0.514. The molecule has 0 aliphatic heterocycles. The molecule has 80 valence electrons. The summed E-state index contributed by atoms with van der Waals surface area (Å²) >= 11 is 3.54. The summed E-state index contributed by atoms with van der Waals surface area (Å²) in [4.78, 5) is 0. The largest absolute Gasteiger partial charge is 0.381 e. The lowest BCUT2D eigenvalue weighted by Crippen LogP contribution is -2.26. The molecule has 0 aromatic heterocycles. The monoisotopic (exact) mass is 250 g/mol. The van der Waals surface area contributed by atoms with E-state index >= 15 is 0 Å². The smallest absolute Gasteiger partial charge is 0.0507 e. The summed E-state index contributed by atoms with van der Waals surface area (Å²) < 4.78 is 5.62. The number of hydrogen-bond acceptors (Lipinski definition) is 1. The molecule has 1 unspecified atom stereocenters. The summed E-state index contributed by atoms with van der Waals surface area (Å²) in [5.41, 5.74) is 0.343. The third-order valence-electron chi connectivity index (χ3n) is 2.37. The van der Waals surface area contributed by atoms with Gasteiger partial charge in [-0.3, -0.25) is 0 Å². The molecule has 0 aliphatic rings. The summed E-state index contributed by atoms with van der Waals surface area (Å²) in [5, 5.41) is 1.03. The molecule has 0 heterocycles. The van der Waals surface area contributed by atoms with Gasteiger partial charge in [-0.25, -0.2) is 0 Å². The van der Waals surface area contributed by atoms with Gasteiger partial charge in [-0.2, -0.15) is 0 Å². The van der Waals surface area contributed by atoms with Crippen molar-refractivity contribution in [1.29, 1.82) is 0 Å². The standard InChI is InChI=1S/C11H23BrO/c1-5-6-7-13-9-10(8-12)11(2,3)4/h10H,5-9H2,1-4H3. The molecule has 0 fully saturated rings. The number of rotatable bonds is 6. The molecular weight excluding hydrogens is 228 g/mol.